The van der Waals surface area contributed by atoms with E-state index in [0.29, 0.717) is 5.15 Å². The molecule has 0 aliphatic carbocycles. The first-order valence-corrected chi connectivity index (χ1v) is 5.92. The number of nitrogens with zero attached hydrogens (tertiary/aromatic N) is 2. The van der Waals surface area contributed by atoms with Gasteiger partial charge in [0.05, 0.1) is 5.52 Å². The van der Waals surface area contributed by atoms with E-state index >= 15 is 0 Å². The van der Waals surface area contributed by atoms with E-state index in [0.717, 1.165) is 36.7 Å². The average Bonchev–Trinajstić information content (AvgIpc) is 2.56. The van der Waals surface area contributed by atoms with Crippen molar-refractivity contribution in [1.82, 2.24) is 9.78 Å². The van der Waals surface area contributed by atoms with E-state index in [1.54, 1.807) is 0 Å². The zero-order chi connectivity index (χ0) is 11.5. The number of unbranched alkanes of at least 4 members (excludes halogenated alkanes) is 1. The van der Waals surface area contributed by atoms with Gasteiger partial charge in [-0.1, -0.05) is 23.7 Å². The summed E-state index contributed by atoms with van der Waals surface area (Å²) in [6.07, 6.45) is 3.16. The maximum absolute atomic E-state index is 6.14. The number of halogens is 1. The fraction of sp³-hybridized carbons (Fsp3) is 0.417. The third-order valence-electron chi connectivity index (χ3n) is 2.82. The van der Waals surface area contributed by atoms with Crippen molar-refractivity contribution < 1.29 is 0 Å². The summed E-state index contributed by atoms with van der Waals surface area (Å²) in [6.45, 7) is 0.747. The highest BCUT2D eigenvalue weighted by molar-refractivity contribution is 6.34. The molecule has 16 heavy (non-hydrogen) atoms. The molecule has 0 fully saturated rings. The Morgan fingerprint density at radius 1 is 1.38 bits per heavy atom. The average molecular weight is 238 g/mol. The van der Waals surface area contributed by atoms with Gasteiger partial charge < -0.3 is 5.73 Å². The Morgan fingerprint density at radius 3 is 2.94 bits per heavy atom. The summed E-state index contributed by atoms with van der Waals surface area (Å²) in [5.41, 5.74) is 7.86. The third-order valence-corrected chi connectivity index (χ3v) is 3.09. The van der Waals surface area contributed by atoms with E-state index in [1.165, 1.54) is 5.56 Å². The standard InChI is InChI=1S/C12H16ClN3/c1-16-10-7-4-6-9(5-2-3-8-14)11(10)12(13)15-16/h4,6-7H,2-3,5,8,14H2,1H3. The zero-order valence-electron chi connectivity index (χ0n) is 9.41. The summed E-state index contributed by atoms with van der Waals surface area (Å²) in [5, 5.41) is 5.92. The molecular formula is C12H16ClN3. The molecule has 0 atom stereocenters. The molecule has 0 saturated heterocycles. The molecule has 1 aromatic carbocycles. The largest absolute Gasteiger partial charge is 0.330 e. The Kier molecular flexibility index (Phi) is 3.46. The molecule has 0 spiro atoms. The van der Waals surface area contributed by atoms with E-state index in [-0.39, 0.29) is 0 Å². The van der Waals surface area contributed by atoms with Crippen molar-refractivity contribution in [2.45, 2.75) is 19.3 Å². The van der Waals surface area contributed by atoms with Gasteiger partial charge in [-0.2, -0.15) is 5.10 Å². The van der Waals surface area contributed by atoms with Gasteiger partial charge in [0.25, 0.3) is 0 Å². The van der Waals surface area contributed by atoms with Crippen molar-refractivity contribution >= 4 is 22.5 Å². The van der Waals surface area contributed by atoms with E-state index in [4.69, 9.17) is 17.3 Å². The van der Waals surface area contributed by atoms with Crippen molar-refractivity contribution in [3.05, 3.63) is 28.9 Å². The molecule has 1 aromatic heterocycles. The van der Waals surface area contributed by atoms with Gasteiger partial charge in [0, 0.05) is 12.4 Å². The smallest absolute Gasteiger partial charge is 0.159 e. The molecule has 0 unspecified atom stereocenters. The molecule has 0 saturated carbocycles. The molecule has 0 bridgehead atoms. The fourth-order valence-corrected chi connectivity index (χ4v) is 2.33. The van der Waals surface area contributed by atoms with Crippen molar-refractivity contribution in [3.63, 3.8) is 0 Å². The number of hydrogen-bond acceptors (Lipinski definition) is 2. The van der Waals surface area contributed by atoms with Crippen LogP contribution in [0.5, 0.6) is 0 Å². The van der Waals surface area contributed by atoms with Crippen LogP contribution < -0.4 is 5.73 Å². The minimum Gasteiger partial charge on any atom is -0.330 e. The van der Waals surface area contributed by atoms with Gasteiger partial charge in [-0.25, -0.2) is 0 Å². The summed E-state index contributed by atoms with van der Waals surface area (Å²) >= 11 is 6.14. The minimum absolute atomic E-state index is 0.598. The van der Waals surface area contributed by atoms with Gasteiger partial charge in [0.15, 0.2) is 5.15 Å². The van der Waals surface area contributed by atoms with Crippen LogP contribution in [0, 0.1) is 0 Å². The molecule has 0 aliphatic heterocycles. The minimum atomic E-state index is 0.598. The lowest BCUT2D eigenvalue weighted by atomic mass is 10.0. The van der Waals surface area contributed by atoms with E-state index < -0.39 is 0 Å². The van der Waals surface area contributed by atoms with Crippen LogP contribution in [0.3, 0.4) is 0 Å². The lowest BCUT2D eigenvalue weighted by Gasteiger charge is -2.03. The van der Waals surface area contributed by atoms with Crippen molar-refractivity contribution in [1.29, 1.82) is 0 Å². The molecule has 0 amide bonds. The third kappa shape index (κ3) is 2.06. The van der Waals surface area contributed by atoms with E-state index in [2.05, 4.69) is 17.2 Å². The van der Waals surface area contributed by atoms with Gasteiger partial charge in [0.1, 0.15) is 0 Å². The van der Waals surface area contributed by atoms with Crippen molar-refractivity contribution in [2.24, 2.45) is 12.8 Å². The maximum atomic E-state index is 6.14. The molecule has 0 aliphatic rings. The van der Waals surface area contributed by atoms with Crippen molar-refractivity contribution in [2.75, 3.05) is 6.54 Å². The summed E-state index contributed by atoms with van der Waals surface area (Å²) < 4.78 is 1.82. The highest BCUT2D eigenvalue weighted by Gasteiger charge is 2.10. The predicted molar refractivity (Wildman–Crippen MR) is 67.7 cm³/mol. The lowest BCUT2D eigenvalue weighted by molar-refractivity contribution is 0.747. The Morgan fingerprint density at radius 2 is 2.19 bits per heavy atom. The van der Waals surface area contributed by atoms with Gasteiger partial charge in [-0.15, -0.1) is 0 Å². The number of hydrogen-bond donors (Lipinski definition) is 1. The van der Waals surface area contributed by atoms with E-state index in [9.17, 15) is 0 Å². The first-order valence-electron chi connectivity index (χ1n) is 5.54. The summed E-state index contributed by atoms with van der Waals surface area (Å²) in [6, 6.07) is 6.21. The summed E-state index contributed by atoms with van der Waals surface area (Å²) in [7, 11) is 1.91. The SMILES string of the molecule is Cn1nc(Cl)c2c(CCCCN)cccc21. The first kappa shape index (κ1) is 11.4. The lowest BCUT2D eigenvalue weighted by Crippen LogP contribution is -1.99. The fourth-order valence-electron chi connectivity index (χ4n) is 2.00. The number of benzene rings is 1. The Hall–Kier alpha value is -1.06. The van der Waals surface area contributed by atoms with Crippen molar-refractivity contribution in [3.8, 4) is 0 Å². The van der Waals surface area contributed by atoms with Gasteiger partial charge in [-0.3, -0.25) is 4.68 Å². The van der Waals surface area contributed by atoms with Crippen LogP contribution in [0.1, 0.15) is 18.4 Å². The quantitative estimate of drug-likeness (QED) is 0.831. The normalized spacial score (nSPS) is 11.2. The van der Waals surface area contributed by atoms with Crippen LogP contribution in [-0.2, 0) is 13.5 Å². The van der Waals surface area contributed by atoms with Gasteiger partial charge >= 0.3 is 0 Å². The molecule has 4 heteroatoms. The van der Waals surface area contributed by atoms with Crippen LogP contribution in [0.4, 0.5) is 0 Å². The molecule has 3 nitrogen and oxygen atoms in total. The Balaban J connectivity index is 2.37. The summed E-state index contributed by atoms with van der Waals surface area (Å²) in [4.78, 5) is 0. The zero-order valence-corrected chi connectivity index (χ0v) is 10.2. The summed E-state index contributed by atoms with van der Waals surface area (Å²) in [5.74, 6) is 0. The molecule has 2 N–H and O–H groups in total. The Bertz CT molecular complexity index is 490. The highest BCUT2D eigenvalue weighted by atomic mass is 35.5. The van der Waals surface area contributed by atoms with Gasteiger partial charge in [0.2, 0.25) is 0 Å². The molecular weight excluding hydrogens is 222 g/mol. The van der Waals surface area contributed by atoms with Crippen LogP contribution >= 0.6 is 11.6 Å². The topological polar surface area (TPSA) is 43.8 Å². The molecule has 2 rings (SSSR count). The highest BCUT2D eigenvalue weighted by Crippen LogP contribution is 2.26. The van der Waals surface area contributed by atoms with Crippen LogP contribution in [0.15, 0.2) is 18.2 Å². The second kappa shape index (κ2) is 4.85. The Labute approximate surface area is 100 Å². The number of fused-ring (bicyclic) bond motifs is 1. The molecule has 86 valence electrons. The molecule has 0 radical (unpaired) electrons. The number of nitrogens with two attached hydrogens (primary N) is 1. The van der Waals surface area contributed by atoms with Crippen LogP contribution in [-0.4, -0.2) is 16.3 Å². The first-order chi connectivity index (χ1) is 7.74. The van der Waals surface area contributed by atoms with Crippen LogP contribution in [0.2, 0.25) is 5.15 Å². The van der Waals surface area contributed by atoms with Crippen LogP contribution in [0.25, 0.3) is 10.9 Å². The number of rotatable bonds is 4. The van der Waals surface area contributed by atoms with E-state index in [1.807, 2.05) is 17.8 Å². The van der Waals surface area contributed by atoms with Gasteiger partial charge in [-0.05, 0) is 37.4 Å². The maximum Gasteiger partial charge on any atom is 0.159 e. The number of aromatic nitrogens is 2. The second-order valence-corrected chi connectivity index (χ2v) is 4.33. The second-order valence-electron chi connectivity index (χ2n) is 3.97. The predicted octanol–water partition coefficient (Wildman–Crippen LogP) is 2.51. The molecule has 2 aromatic rings. The molecule has 1 heterocycles. The number of aryl methyl sites for hydroxylation is 2. The monoisotopic (exact) mass is 237 g/mol.